The molecule has 164 valence electrons. The molecule has 7 heteroatoms. The van der Waals surface area contributed by atoms with Gasteiger partial charge in [-0.25, -0.2) is 0 Å². The van der Waals surface area contributed by atoms with Gasteiger partial charge in [0.15, 0.2) is 18.0 Å². The van der Waals surface area contributed by atoms with E-state index in [0.717, 1.165) is 69.4 Å². The molecule has 0 bridgehead atoms. The van der Waals surface area contributed by atoms with Crippen molar-refractivity contribution in [1.82, 2.24) is 0 Å². The van der Waals surface area contributed by atoms with Crippen LogP contribution in [-0.4, -0.2) is 58.5 Å². The number of hydrogen-bond acceptors (Lipinski definition) is 4. The third-order valence-corrected chi connectivity index (χ3v) is 6.31. The monoisotopic (exact) mass is 425 g/mol. The fourth-order valence-electron chi connectivity index (χ4n) is 4.62. The first kappa shape index (κ1) is 20.2. The maximum absolute atomic E-state index is 12.6. The van der Waals surface area contributed by atoms with E-state index in [2.05, 4.69) is 23.5 Å². The number of piperazine rings is 1. The molecule has 3 aliphatic heterocycles. The zero-order chi connectivity index (χ0) is 21.0. The summed E-state index contributed by atoms with van der Waals surface area (Å²) in [7, 11) is 0. The lowest BCUT2D eigenvalue weighted by Gasteiger charge is -2.29. The van der Waals surface area contributed by atoms with E-state index in [0.29, 0.717) is 25.5 Å². The number of carbonyl (C=O) groups excluding carboxylic acids is 1. The second-order valence-corrected chi connectivity index (χ2v) is 8.65. The topological polar surface area (TPSA) is 65.7 Å². The zero-order valence-corrected chi connectivity index (χ0v) is 17.9. The molecule has 1 saturated heterocycles. The Labute approximate surface area is 182 Å². The van der Waals surface area contributed by atoms with E-state index in [-0.39, 0.29) is 5.91 Å². The normalized spacial score (nSPS) is 22.2. The second kappa shape index (κ2) is 9.16. The van der Waals surface area contributed by atoms with Crippen molar-refractivity contribution in [3.63, 3.8) is 0 Å². The Morgan fingerprint density at radius 1 is 0.839 bits per heavy atom. The average molecular weight is 426 g/mol. The molecule has 7 nitrogen and oxygen atoms in total. The maximum Gasteiger partial charge on any atom is 0.279 e. The number of rotatable bonds is 5. The molecule has 0 saturated carbocycles. The minimum atomic E-state index is 0.0477. The van der Waals surface area contributed by atoms with Crippen LogP contribution in [0.1, 0.15) is 17.5 Å². The molecular formula is C24H31N3O4+2. The first-order chi connectivity index (χ1) is 15.2. The van der Waals surface area contributed by atoms with Crippen molar-refractivity contribution in [2.75, 3.05) is 57.9 Å². The fourth-order valence-corrected chi connectivity index (χ4v) is 4.62. The second-order valence-electron chi connectivity index (χ2n) is 8.65. The van der Waals surface area contributed by atoms with E-state index < -0.39 is 0 Å². The summed E-state index contributed by atoms with van der Waals surface area (Å²) in [6, 6.07) is 12.2. The highest BCUT2D eigenvalue weighted by molar-refractivity contribution is 5.91. The first-order valence-electron chi connectivity index (χ1n) is 11.3. The molecule has 2 aromatic rings. The SMILES string of the molecule is O=C(C[NH+]1CC[NH+](Cc2ccc3c(c2)CCO3)CC1)Nc1ccc2c(c1)OCCCO2. The predicted molar refractivity (Wildman–Crippen MR) is 116 cm³/mol. The summed E-state index contributed by atoms with van der Waals surface area (Å²) in [6.07, 6.45) is 1.89. The van der Waals surface area contributed by atoms with Gasteiger partial charge in [0, 0.05) is 30.2 Å². The van der Waals surface area contributed by atoms with Crippen LogP contribution >= 0.6 is 0 Å². The number of nitrogens with one attached hydrogen (secondary N) is 3. The predicted octanol–water partition coefficient (Wildman–Crippen LogP) is -0.295. The molecule has 2 aromatic carbocycles. The quantitative estimate of drug-likeness (QED) is 0.616. The number of quaternary nitrogens is 2. The van der Waals surface area contributed by atoms with Crippen molar-refractivity contribution in [2.45, 2.75) is 19.4 Å². The minimum absolute atomic E-state index is 0.0477. The molecule has 3 heterocycles. The van der Waals surface area contributed by atoms with Crippen LogP contribution in [0.5, 0.6) is 17.2 Å². The lowest BCUT2D eigenvalue weighted by Crippen LogP contribution is -3.28. The van der Waals surface area contributed by atoms with Crippen molar-refractivity contribution < 1.29 is 28.8 Å². The van der Waals surface area contributed by atoms with Crippen LogP contribution in [-0.2, 0) is 17.8 Å². The summed E-state index contributed by atoms with van der Waals surface area (Å²) in [6.45, 7) is 7.84. The Morgan fingerprint density at radius 3 is 2.45 bits per heavy atom. The van der Waals surface area contributed by atoms with Crippen molar-refractivity contribution >= 4 is 11.6 Å². The van der Waals surface area contributed by atoms with Gasteiger partial charge in [-0.2, -0.15) is 0 Å². The average Bonchev–Trinajstić information content (AvgIpc) is 3.11. The molecule has 0 aliphatic carbocycles. The van der Waals surface area contributed by atoms with E-state index in [9.17, 15) is 4.79 Å². The Morgan fingerprint density at radius 2 is 1.58 bits per heavy atom. The Bertz CT molecular complexity index is 940. The molecule has 3 aliphatic rings. The van der Waals surface area contributed by atoms with Gasteiger partial charge in [0.25, 0.3) is 5.91 Å². The van der Waals surface area contributed by atoms with Crippen LogP contribution in [0.3, 0.4) is 0 Å². The highest BCUT2D eigenvalue weighted by Gasteiger charge is 2.25. The molecule has 3 N–H and O–H groups in total. The highest BCUT2D eigenvalue weighted by atomic mass is 16.5. The van der Waals surface area contributed by atoms with Gasteiger partial charge in [0.05, 0.1) is 19.8 Å². The maximum atomic E-state index is 12.6. The molecule has 5 rings (SSSR count). The van der Waals surface area contributed by atoms with Crippen molar-refractivity contribution in [2.24, 2.45) is 0 Å². The summed E-state index contributed by atoms with van der Waals surface area (Å²) in [5.74, 6) is 2.55. The van der Waals surface area contributed by atoms with Crippen LogP contribution in [0.4, 0.5) is 5.69 Å². The standard InChI is InChI=1S/C24H29N3O4/c28-24(25-20-3-5-22-23(15-20)30-12-1-11-29-22)17-27-9-7-26(8-10-27)16-18-2-4-21-19(14-18)6-13-31-21/h2-5,14-15H,1,6-13,16-17H2,(H,25,28)/p+2. The smallest absolute Gasteiger partial charge is 0.279 e. The summed E-state index contributed by atoms with van der Waals surface area (Å²) in [5, 5.41) is 3.02. The van der Waals surface area contributed by atoms with Crippen LogP contribution in [0.15, 0.2) is 36.4 Å². The number of hydrogen-bond donors (Lipinski definition) is 3. The summed E-state index contributed by atoms with van der Waals surface area (Å²) in [4.78, 5) is 15.5. The van der Waals surface area contributed by atoms with Gasteiger partial charge in [-0.1, -0.05) is 0 Å². The van der Waals surface area contributed by atoms with Gasteiger partial charge in [-0.3, -0.25) is 4.79 Å². The summed E-state index contributed by atoms with van der Waals surface area (Å²) < 4.78 is 17.0. The van der Waals surface area contributed by atoms with E-state index in [4.69, 9.17) is 14.2 Å². The van der Waals surface area contributed by atoms with Gasteiger partial charge in [0.1, 0.15) is 38.5 Å². The number of amides is 1. The number of benzene rings is 2. The zero-order valence-electron chi connectivity index (χ0n) is 17.9. The lowest BCUT2D eigenvalue weighted by molar-refractivity contribution is -1.02. The van der Waals surface area contributed by atoms with Gasteiger partial charge in [0.2, 0.25) is 0 Å². The van der Waals surface area contributed by atoms with Crippen LogP contribution in [0.2, 0.25) is 0 Å². The van der Waals surface area contributed by atoms with Crippen LogP contribution < -0.4 is 29.3 Å². The lowest BCUT2D eigenvalue weighted by atomic mass is 10.1. The minimum Gasteiger partial charge on any atom is -0.493 e. The van der Waals surface area contributed by atoms with Gasteiger partial charge >= 0.3 is 0 Å². The van der Waals surface area contributed by atoms with Gasteiger partial charge in [-0.15, -0.1) is 0 Å². The highest BCUT2D eigenvalue weighted by Crippen LogP contribution is 2.32. The van der Waals surface area contributed by atoms with Gasteiger partial charge < -0.3 is 29.3 Å². The van der Waals surface area contributed by atoms with E-state index in [1.807, 2.05) is 18.2 Å². The first-order valence-corrected chi connectivity index (χ1v) is 11.3. The van der Waals surface area contributed by atoms with E-state index in [1.165, 1.54) is 16.0 Å². The number of carbonyl (C=O) groups is 1. The molecule has 0 aromatic heterocycles. The number of anilines is 1. The molecular weight excluding hydrogens is 394 g/mol. The summed E-state index contributed by atoms with van der Waals surface area (Å²) in [5.41, 5.74) is 3.49. The van der Waals surface area contributed by atoms with Crippen molar-refractivity contribution in [3.8, 4) is 17.2 Å². The molecule has 0 spiro atoms. The van der Waals surface area contributed by atoms with Crippen molar-refractivity contribution in [3.05, 3.63) is 47.5 Å². The Kier molecular flexibility index (Phi) is 5.95. The van der Waals surface area contributed by atoms with Crippen molar-refractivity contribution in [1.29, 1.82) is 0 Å². The van der Waals surface area contributed by atoms with E-state index in [1.54, 1.807) is 4.90 Å². The molecule has 1 fully saturated rings. The molecule has 0 unspecified atom stereocenters. The number of fused-ring (bicyclic) bond motifs is 2. The van der Waals surface area contributed by atoms with Crippen LogP contribution in [0.25, 0.3) is 0 Å². The Balaban J connectivity index is 1.09. The van der Waals surface area contributed by atoms with E-state index >= 15 is 0 Å². The third kappa shape index (κ3) is 4.94. The number of ether oxygens (including phenoxy) is 3. The fraction of sp³-hybridized carbons (Fsp3) is 0.458. The molecule has 0 radical (unpaired) electrons. The summed E-state index contributed by atoms with van der Waals surface area (Å²) >= 11 is 0. The molecule has 31 heavy (non-hydrogen) atoms. The van der Waals surface area contributed by atoms with Crippen LogP contribution in [0, 0.1) is 0 Å². The third-order valence-electron chi connectivity index (χ3n) is 6.31. The largest absolute Gasteiger partial charge is 0.493 e. The molecule has 1 amide bonds. The Hall–Kier alpha value is -2.77. The molecule has 0 atom stereocenters. The van der Waals surface area contributed by atoms with Gasteiger partial charge in [-0.05, 0) is 35.9 Å².